The molecule has 1 aliphatic rings. The number of methoxy groups -OCH3 is 1. The first-order valence-corrected chi connectivity index (χ1v) is 6.75. The molecule has 0 radical (unpaired) electrons. The van der Waals surface area contributed by atoms with Gasteiger partial charge in [-0.3, -0.25) is 24.3 Å². The summed E-state index contributed by atoms with van der Waals surface area (Å²) in [5.74, 6) is -6.30. The SMILES string of the molecule is COC(=O)c1ccc(F)c(F)c1-n1c(N)c2c(cc1=O)C(=O)NC2=O. The summed E-state index contributed by atoms with van der Waals surface area (Å²) in [4.78, 5) is 47.6. The van der Waals surface area contributed by atoms with Crippen LogP contribution in [-0.4, -0.2) is 29.5 Å². The lowest BCUT2D eigenvalue weighted by Gasteiger charge is -2.15. The topological polar surface area (TPSA) is 120 Å². The van der Waals surface area contributed by atoms with Gasteiger partial charge in [0.05, 0.1) is 23.8 Å². The van der Waals surface area contributed by atoms with E-state index in [9.17, 15) is 28.0 Å². The lowest BCUT2D eigenvalue weighted by atomic mass is 10.1. The zero-order valence-electron chi connectivity index (χ0n) is 12.6. The third-order valence-corrected chi connectivity index (χ3v) is 3.65. The number of nitrogens with one attached hydrogen (secondary N) is 1. The van der Waals surface area contributed by atoms with Crippen molar-refractivity contribution >= 4 is 23.6 Å². The molecule has 8 nitrogen and oxygen atoms in total. The molecule has 2 aromatic rings. The normalized spacial score (nSPS) is 12.8. The summed E-state index contributed by atoms with van der Waals surface area (Å²) in [6, 6.07) is 2.33. The van der Waals surface area contributed by atoms with Crippen LogP contribution < -0.4 is 16.6 Å². The number of fused-ring (bicyclic) bond motifs is 1. The van der Waals surface area contributed by atoms with Crippen molar-refractivity contribution < 1.29 is 27.9 Å². The second kappa shape index (κ2) is 5.51. The van der Waals surface area contributed by atoms with Crippen molar-refractivity contribution in [3.05, 3.63) is 56.9 Å². The first-order valence-electron chi connectivity index (χ1n) is 6.75. The number of anilines is 1. The lowest BCUT2D eigenvalue weighted by Crippen LogP contribution is -2.27. The molecule has 0 aliphatic carbocycles. The number of pyridine rings is 1. The molecule has 10 heteroatoms. The number of halogens is 2. The number of ether oxygens (including phenoxy) is 1. The van der Waals surface area contributed by atoms with Gasteiger partial charge < -0.3 is 10.5 Å². The predicted octanol–water partition coefficient (Wildman–Crippen LogP) is 0.368. The number of amides is 2. The molecular weight excluding hydrogens is 340 g/mol. The Bertz CT molecular complexity index is 1030. The minimum Gasteiger partial charge on any atom is -0.465 e. The Morgan fingerprint density at radius 2 is 1.88 bits per heavy atom. The Hall–Kier alpha value is -3.56. The first kappa shape index (κ1) is 16.3. The number of benzene rings is 1. The molecule has 3 rings (SSSR count). The fraction of sp³-hybridized carbons (Fsp3) is 0.0667. The number of aromatic nitrogens is 1. The molecular formula is C15H9F2N3O5. The molecule has 1 aromatic carbocycles. The highest BCUT2D eigenvalue weighted by molar-refractivity contribution is 6.23. The minimum atomic E-state index is -1.54. The number of esters is 1. The molecule has 0 atom stereocenters. The molecule has 2 amide bonds. The zero-order chi connectivity index (χ0) is 18.5. The van der Waals surface area contributed by atoms with Gasteiger partial charge in [-0.05, 0) is 12.1 Å². The van der Waals surface area contributed by atoms with Crippen molar-refractivity contribution in [3.8, 4) is 5.69 Å². The van der Waals surface area contributed by atoms with E-state index in [2.05, 4.69) is 4.74 Å². The molecule has 0 spiro atoms. The summed E-state index contributed by atoms with van der Waals surface area (Å²) in [6.45, 7) is 0. The number of rotatable bonds is 2. The van der Waals surface area contributed by atoms with Gasteiger partial charge in [0, 0.05) is 6.07 Å². The van der Waals surface area contributed by atoms with Crippen molar-refractivity contribution in [2.75, 3.05) is 12.8 Å². The summed E-state index contributed by atoms with van der Waals surface area (Å²) >= 11 is 0. The van der Waals surface area contributed by atoms with E-state index >= 15 is 0 Å². The van der Waals surface area contributed by atoms with Gasteiger partial charge >= 0.3 is 5.97 Å². The van der Waals surface area contributed by atoms with Crippen molar-refractivity contribution in [1.29, 1.82) is 0 Å². The van der Waals surface area contributed by atoms with Crippen LogP contribution in [0.5, 0.6) is 0 Å². The van der Waals surface area contributed by atoms with Gasteiger partial charge in [-0.1, -0.05) is 0 Å². The monoisotopic (exact) mass is 349 g/mol. The maximum atomic E-state index is 14.4. The molecule has 25 heavy (non-hydrogen) atoms. The molecule has 2 heterocycles. The molecule has 3 N–H and O–H groups in total. The van der Waals surface area contributed by atoms with E-state index in [1.165, 1.54) is 0 Å². The number of carbonyl (C=O) groups excluding carboxylic acids is 3. The van der Waals surface area contributed by atoms with Crippen LogP contribution in [0.15, 0.2) is 23.0 Å². The van der Waals surface area contributed by atoms with E-state index in [4.69, 9.17) is 5.73 Å². The number of nitrogens with zero attached hydrogens (tertiary/aromatic N) is 1. The van der Waals surface area contributed by atoms with Gasteiger partial charge in [-0.15, -0.1) is 0 Å². The molecule has 0 bridgehead atoms. The first-order chi connectivity index (χ1) is 11.8. The number of imide groups is 1. The zero-order valence-corrected chi connectivity index (χ0v) is 12.6. The third-order valence-electron chi connectivity index (χ3n) is 3.65. The molecule has 0 saturated heterocycles. The van der Waals surface area contributed by atoms with Gasteiger partial charge in [0.25, 0.3) is 17.4 Å². The van der Waals surface area contributed by atoms with E-state index in [0.717, 1.165) is 19.2 Å². The molecule has 0 unspecified atom stereocenters. The van der Waals surface area contributed by atoms with Crippen LogP contribution in [0, 0.1) is 11.6 Å². The molecule has 1 aromatic heterocycles. The van der Waals surface area contributed by atoms with E-state index in [-0.39, 0.29) is 11.1 Å². The van der Waals surface area contributed by atoms with Gasteiger partial charge in [0.15, 0.2) is 11.6 Å². The van der Waals surface area contributed by atoms with Crippen molar-refractivity contribution in [1.82, 2.24) is 9.88 Å². The summed E-state index contributed by atoms with van der Waals surface area (Å²) < 4.78 is 33.0. The highest BCUT2D eigenvalue weighted by atomic mass is 19.2. The van der Waals surface area contributed by atoms with Crippen LogP contribution in [-0.2, 0) is 4.74 Å². The molecule has 1 aliphatic heterocycles. The second-order valence-electron chi connectivity index (χ2n) is 5.02. The van der Waals surface area contributed by atoms with Crippen molar-refractivity contribution in [2.45, 2.75) is 0 Å². The maximum Gasteiger partial charge on any atom is 0.340 e. The van der Waals surface area contributed by atoms with Gasteiger partial charge in [0.1, 0.15) is 11.5 Å². The Kier molecular flexibility index (Phi) is 3.59. The van der Waals surface area contributed by atoms with Gasteiger partial charge in [-0.25, -0.2) is 13.6 Å². The largest absolute Gasteiger partial charge is 0.465 e. The second-order valence-corrected chi connectivity index (χ2v) is 5.02. The Labute approximate surface area is 137 Å². The van der Waals surface area contributed by atoms with Crippen LogP contribution in [0.1, 0.15) is 31.1 Å². The standard InChI is InChI=1S/C15H9F2N3O5/c1-25-15(24)5-2-3-7(16)10(17)11(5)20-8(21)4-6-9(12(20)18)14(23)19-13(6)22/h2-4H,18H2,1H3,(H,19,22,23). The fourth-order valence-corrected chi connectivity index (χ4v) is 2.54. The number of nitrogens with two attached hydrogens (primary N) is 1. The summed E-state index contributed by atoms with van der Waals surface area (Å²) in [6.07, 6.45) is 0. The van der Waals surface area contributed by atoms with Crippen LogP contribution in [0.2, 0.25) is 0 Å². The highest BCUT2D eigenvalue weighted by Gasteiger charge is 2.33. The van der Waals surface area contributed by atoms with E-state index in [1.54, 1.807) is 0 Å². The quantitative estimate of drug-likeness (QED) is 0.597. The van der Waals surface area contributed by atoms with E-state index in [1.807, 2.05) is 5.32 Å². The van der Waals surface area contributed by atoms with Crippen LogP contribution in [0.4, 0.5) is 14.6 Å². The number of nitrogen functional groups attached to an aromatic ring is 1. The average Bonchev–Trinajstić information content (AvgIpc) is 2.84. The van der Waals surface area contributed by atoms with Crippen LogP contribution in [0.3, 0.4) is 0 Å². The molecule has 128 valence electrons. The summed E-state index contributed by atoms with van der Waals surface area (Å²) in [5.41, 5.74) is 2.76. The van der Waals surface area contributed by atoms with Gasteiger partial charge in [0.2, 0.25) is 0 Å². The Morgan fingerprint density at radius 1 is 1.20 bits per heavy atom. The van der Waals surface area contributed by atoms with E-state index < -0.39 is 52.0 Å². The smallest absolute Gasteiger partial charge is 0.340 e. The maximum absolute atomic E-state index is 14.4. The lowest BCUT2D eigenvalue weighted by molar-refractivity contribution is 0.0599. The minimum absolute atomic E-state index is 0.292. The fourth-order valence-electron chi connectivity index (χ4n) is 2.54. The number of hydrogen-bond acceptors (Lipinski definition) is 6. The highest BCUT2D eigenvalue weighted by Crippen LogP contribution is 2.27. The van der Waals surface area contributed by atoms with Crippen molar-refractivity contribution in [2.24, 2.45) is 0 Å². The van der Waals surface area contributed by atoms with Crippen molar-refractivity contribution in [3.63, 3.8) is 0 Å². The predicted molar refractivity (Wildman–Crippen MR) is 79.5 cm³/mol. The molecule has 0 saturated carbocycles. The van der Waals surface area contributed by atoms with Gasteiger partial charge in [-0.2, -0.15) is 0 Å². The summed E-state index contributed by atoms with van der Waals surface area (Å²) in [5, 5.41) is 1.93. The number of carbonyl (C=O) groups is 3. The Morgan fingerprint density at radius 3 is 2.52 bits per heavy atom. The Balaban J connectivity index is 2.44. The summed E-state index contributed by atoms with van der Waals surface area (Å²) in [7, 11) is 1.01. The van der Waals surface area contributed by atoms with Crippen LogP contribution in [0.25, 0.3) is 5.69 Å². The third kappa shape index (κ3) is 2.26. The van der Waals surface area contributed by atoms with E-state index in [0.29, 0.717) is 10.6 Å². The number of hydrogen-bond donors (Lipinski definition) is 2. The molecule has 0 fully saturated rings. The average molecular weight is 349 g/mol. The van der Waals surface area contributed by atoms with Crippen LogP contribution >= 0.6 is 0 Å².